The zero-order valence-electron chi connectivity index (χ0n) is 15.0. The molecule has 0 aliphatic heterocycles. The minimum absolute atomic E-state index is 0.340. The average Bonchev–Trinajstić information content (AvgIpc) is 2.67. The van der Waals surface area contributed by atoms with E-state index >= 15 is 0 Å². The normalized spacial score (nSPS) is 9.96. The minimum atomic E-state index is -0.462. The van der Waals surface area contributed by atoms with E-state index in [0.717, 1.165) is 0 Å². The standard InChI is InChI=1S/C19H22N2O5/c1-4-25-16-11-8-14(12-17(16)26-5-2)19(23)21-20-18(22)13-6-9-15(24-3)10-7-13/h6-12H,4-5H2,1-3H3,(H,20,22)(H,21,23). The second-order valence-corrected chi connectivity index (χ2v) is 5.16. The van der Waals surface area contributed by atoms with Crippen molar-refractivity contribution in [3.05, 3.63) is 53.6 Å². The SMILES string of the molecule is CCOc1ccc(C(=O)NNC(=O)c2ccc(OC)cc2)cc1OCC. The summed E-state index contributed by atoms with van der Waals surface area (Å²) in [5, 5.41) is 0. The topological polar surface area (TPSA) is 85.9 Å². The first-order chi connectivity index (χ1) is 12.6. The molecule has 0 saturated carbocycles. The summed E-state index contributed by atoms with van der Waals surface area (Å²) in [5.74, 6) is 0.785. The number of ether oxygens (including phenoxy) is 3. The Morgan fingerprint density at radius 1 is 0.808 bits per heavy atom. The van der Waals surface area contributed by atoms with Crippen molar-refractivity contribution in [1.29, 1.82) is 0 Å². The Balaban J connectivity index is 2.02. The maximum Gasteiger partial charge on any atom is 0.269 e. The van der Waals surface area contributed by atoms with Crippen molar-refractivity contribution in [3.8, 4) is 17.2 Å². The first-order valence-electron chi connectivity index (χ1n) is 8.23. The van der Waals surface area contributed by atoms with Crippen molar-refractivity contribution < 1.29 is 23.8 Å². The quantitative estimate of drug-likeness (QED) is 0.743. The van der Waals surface area contributed by atoms with Crippen molar-refractivity contribution in [2.45, 2.75) is 13.8 Å². The molecule has 7 heteroatoms. The molecule has 2 N–H and O–H groups in total. The number of rotatable bonds is 7. The maximum atomic E-state index is 12.3. The number of hydrazine groups is 1. The average molecular weight is 358 g/mol. The highest BCUT2D eigenvalue weighted by Crippen LogP contribution is 2.28. The number of amides is 2. The highest BCUT2D eigenvalue weighted by Gasteiger charge is 2.13. The van der Waals surface area contributed by atoms with Crippen molar-refractivity contribution in [2.75, 3.05) is 20.3 Å². The van der Waals surface area contributed by atoms with Crippen LogP contribution in [0.2, 0.25) is 0 Å². The molecule has 0 aliphatic rings. The fourth-order valence-corrected chi connectivity index (χ4v) is 2.19. The van der Waals surface area contributed by atoms with Gasteiger partial charge in [0.05, 0.1) is 20.3 Å². The smallest absolute Gasteiger partial charge is 0.269 e. The van der Waals surface area contributed by atoms with Crippen LogP contribution in [0.3, 0.4) is 0 Å². The molecule has 0 heterocycles. The van der Waals surface area contributed by atoms with Gasteiger partial charge in [0.2, 0.25) is 0 Å². The predicted molar refractivity (Wildman–Crippen MR) is 96.7 cm³/mol. The van der Waals surface area contributed by atoms with Gasteiger partial charge >= 0.3 is 0 Å². The highest BCUT2D eigenvalue weighted by molar-refractivity contribution is 5.99. The molecule has 0 atom stereocenters. The summed E-state index contributed by atoms with van der Waals surface area (Å²) >= 11 is 0. The van der Waals surface area contributed by atoms with Gasteiger partial charge in [-0.15, -0.1) is 0 Å². The molecule has 0 unspecified atom stereocenters. The largest absolute Gasteiger partial charge is 0.497 e. The molecule has 0 aliphatic carbocycles. The lowest BCUT2D eigenvalue weighted by atomic mass is 10.2. The van der Waals surface area contributed by atoms with Gasteiger partial charge < -0.3 is 14.2 Å². The van der Waals surface area contributed by atoms with Crippen LogP contribution in [-0.2, 0) is 0 Å². The van der Waals surface area contributed by atoms with E-state index in [2.05, 4.69) is 10.9 Å². The highest BCUT2D eigenvalue weighted by atomic mass is 16.5. The lowest BCUT2D eigenvalue weighted by Crippen LogP contribution is -2.41. The molecule has 0 aromatic heterocycles. The number of hydrogen-bond donors (Lipinski definition) is 2. The Morgan fingerprint density at radius 3 is 1.92 bits per heavy atom. The van der Waals surface area contributed by atoms with Crippen molar-refractivity contribution in [2.24, 2.45) is 0 Å². The number of methoxy groups -OCH3 is 1. The molecule has 0 bridgehead atoms. The van der Waals surface area contributed by atoms with E-state index in [1.807, 2.05) is 13.8 Å². The van der Waals surface area contributed by atoms with Crippen LogP contribution >= 0.6 is 0 Å². The van der Waals surface area contributed by atoms with Gasteiger partial charge in [-0.25, -0.2) is 0 Å². The van der Waals surface area contributed by atoms with Crippen molar-refractivity contribution in [1.82, 2.24) is 10.9 Å². The molecule has 0 saturated heterocycles. The Bertz CT molecular complexity index is 759. The summed E-state index contributed by atoms with van der Waals surface area (Å²) in [6, 6.07) is 11.4. The second kappa shape index (κ2) is 9.31. The lowest BCUT2D eigenvalue weighted by Gasteiger charge is -2.13. The fourth-order valence-electron chi connectivity index (χ4n) is 2.19. The van der Waals surface area contributed by atoms with Crippen LogP contribution in [0.5, 0.6) is 17.2 Å². The Labute approximate surface area is 152 Å². The summed E-state index contributed by atoms with van der Waals surface area (Å²) in [6.07, 6.45) is 0. The molecule has 2 aromatic rings. The van der Waals surface area contributed by atoms with Crippen LogP contribution in [-0.4, -0.2) is 32.1 Å². The summed E-state index contributed by atoms with van der Waals surface area (Å²) < 4.78 is 16.0. The predicted octanol–water partition coefficient (Wildman–Crippen LogP) is 2.57. The van der Waals surface area contributed by atoms with Crippen molar-refractivity contribution in [3.63, 3.8) is 0 Å². The van der Waals surface area contributed by atoms with E-state index < -0.39 is 11.8 Å². The molecule has 0 spiro atoms. The van der Waals surface area contributed by atoms with E-state index in [1.165, 1.54) is 0 Å². The van der Waals surface area contributed by atoms with Gasteiger partial charge in [-0.1, -0.05) is 0 Å². The molecule has 7 nitrogen and oxygen atoms in total. The van der Waals surface area contributed by atoms with Crippen LogP contribution in [0, 0.1) is 0 Å². The van der Waals surface area contributed by atoms with Crippen LogP contribution in [0.15, 0.2) is 42.5 Å². The molecule has 2 rings (SSSR count). The summed E-state index contributed by atoms with van der Waals surface area (Å²) in [7, 11) is 1.54. The van der Waals surface area contributed by atoms with Gasteiger partial charge in [0.15, 0.2) is 11.5 Å². The number of carbonyl (C=O) groups excluding carboxylic acids is 2. The molecule has 138 valence electrons. The van der Waals surface area contributed by atoms with Crippen LogP contribution in [0.1, 0.15) is 34.6 Å². The van der Waals surface area contributed by atoms with E-state index in [0.29, 0.717) is 41.6 Å². The molecule has 0 radical (unpaired) electrons. The zero-order valence-corrected chi connectivity index (χ0v) is 15.0. The molecule has 26 heavy (non-hydrogen) atoms. The van der Waals surface area contributed by atoms with E-state index in [4.69, 9.17) is 14.2 Å². The maximum absolute atomic E-state index is 12.3. The van der Waals surface area contributed by atoms with Crippen LogP contribution < -0.4 is 25.1 Å². The van der Waals surface area contributed by atoms with Gasteiger partial charge in [0.25, 0.3) is 11.8 Å². The third-order valence-corrected chi connectivity index (χ3v) is 3.45. The van der Waals surface area contributed by atoms with Gasteiger partial charge in [0, 0.05) is 11.1 Å². The summed E-state index contributed by atoms with van der Waals surface area (Å²) in [5.41, 5.74) is 5.49. The van der Waals surface area contributed by atoms with Gasteiger partial charge in [-0.05, 0) is 56.3 Å². The zero-order chi connectivity index (χ0) is 18.9. The van der Waals surface area contributed by atoms with Crippen molar-refractivity contribution >= 4 is 11.8 Å². The second-order valence-electron chi connectivity index (χ2n) is 5.16. The van der Waals surface area contributed by atoms with E-state index in [-0.39, 0.29) is 0 Å². The minimum Gasteiger partial charge on any atom is -0.497 e. The lowest BCUT2D eigenvalue weighted by molar-refractivity contribution is 0.0846. The first kappa shape index (κ1) is 19.1. The Kier molecular flexibility index (Phi) is 6.84. The third kappa shape index (κ3) is 4.89. The molecule has 2 amide bonds. The Hall–Kier alpha value is -3.22. The molecule has 0 fully saturated rings. The molecular weight excluding hydrogens is 336 g/mol. The first-order valence-corrected chi connectivity index (χ1v) is 8.23. The summed E-state index contributed by atoms with van der Waals surface area (Å²) in [6.45, 7) is 4.64. The molecule has 2 aromatic carbocycles. The number of nitrogens with one attached hydrogen (secondary N) is 2. The Morgan fingerprint density at radius 2 is 1.35 bits per heavy atom. The number of benzene rings is 2. The van der Waals surface area contributed by atoms with Gasteiger partial charge in [-0.3, -0.25) is 20.4 Å². The van der Waals surface area contributed by atoms with Crippen LogP contribution in [0.4, 0.5) is 0 Å². The summed E-state index contributed by atoms with van der Waals surface area (Å²) in [4.78, 5) is 24.3. The third-order valence-electron chi connectivity index (χ3n) is 3.45. The molecular formula is C19H22N2O5. The van der Waals surface area contributed by atoms with Gasteiger partial charge in [0.1, 0.15) is 5.75 Å². The van der Waals surface area contributed by atoms with Gasteiger partial charge in [-0.2, -0.15) is 0 Å². The monoisotopic (exact) mass is 358 g/mol. The number of hydrogen-bond acceptors (Lipinski definition) is 5. The number of carbonyl (C=O) groups is 2. The van der Waals surface area contributed by atoms with E-state index in [9.17, 15) is 9.59 Å². The van der Waals surface area contributed by atoms with Crippen LogP contribution in [0.25, 0.3) is 0 Å². The van der Waals surface area contributed by atoms with E-state index in [1.54, 1.807) is 49.6 Å². The fraction of sp³-hybridized carbons (Fsp3) is 0.263.